The second-order valence-electron chi connectivity index (χ2n) is 7.41. The van der Waals surface area contributed by atoms with Crippen molar-refractivity contribution in [2.24, 2.45) is 5.41 Å². The molecule has 1 aromatic heterocycles. The predicted octanol–water partition coefficient (Wildman–Crippen LogP) is 3.23. The normalized spacial score (nSPS) is 27.1. The molecule has 0 spiro atoms. The first kappa shape index (κ1) is 14.1. The molecule has 4 nitrogen and oxygen atoms in total. The lowest BCUT2D eigenvalue weighted by molar-refractivity contribution is 0.307. The van der Waals surface area contributed by atoms with Crippen molar-refractivity contribution in [3.8, 4) is 0 Å². The maximum absolute atomic E-state index is 4.41. The number of nitrogens with zero attached hydrogens (tertiary/aromatic N) is 3. The van der Waals surface area contributed by atoms with Crippen LogP contribution in [0.15, 0.2) is 0 Å². The van der Waals surface area contributed by atoms with E-state index in [4.69, 9.17) is 0 Å². The lowest BCUT2D eigenvalue weighted by Gasteiger charge is -2.24. The van der Waals surface area contributed by atoms with Gasteiger partial charge in [-0.15, -0.1) is 10.2 Å². The molecule has 1 fully saturated rings. The summed E-state index contributed by atoms with van der Waals surface area (Å²) in [5, 5.41) is 12.5. The molecular weight excluding hydrogens is 248 g/mol. The predicted molar refractivity (Wildman–Crippen MR) is 80.5 cm³/mol. The smallest absolute Gasteiger partial charge is 0.149 e. The summed E-state index contributed by atoms with van der Waals surface area (Å²) >= 11 is 0. The summed E-state index contributed by atoms with van der Waals surface area (Å²) in [6.45, 7) is 8.15. The van der Waals surface area contributed by atoms with Gasteiger partial charge in [-0.1, -0.05) is 20.3 Å². The van der Waals surface area contributed by atoms with Gasteiger partial charge in [0.05, 0.1) is 6.04 Å². The average molecular weight is 276 g/mol. The Kier molecular flexibility index (Phi) is 3.85. The highest BCUT2D eigenvalue weighted by atomic mass is 15.3. The molecule has 0 radical (unpaired) electrons. The zero-order chi connectivity index (χ0) is 14.2. The van der Waals surface area contributed by atoms with Crippen LogP contribution in [0.5, 0.6) is 0 Å². The molecule has 1 saturated carbocycles. The molecule has 0 bridgehead atoms. The number of rotatable bonds is 3. The van der Waals surface area contributed by atoms with Gasteiger partial charge in [0.2, 0.25) is 0 Å². The topological polar surface area (TPSA) is 42.7 Å². The van der Waals surface area contributed by atoms with E-state index < -0.39 is 0 Å². The van der Waals surface area contributed by atoms with Gasteiger partial charge in [-0.3, -0.25) is 0 Å². The fraction of sp³-hybridized carbons (Fsp3) is 0.875. The van der Waals surface area contributed by atoms with Gasteiger partial charge in [-0.2, -0.15) is 0 Å². The highest BCUT2D eigenvalue weighted by Crippen LogP contribution is 2.34. The average Bonchev–Trinajstić information content (AvgIpc) is 2.93. The Bertz CT molecular complexity index is 463. The minimum atomic E-state index is 0.320. The van der Waals surface area contributed by atoms with Crippen LogP contribution < -0.4 is 5.32 Å². The molecule has 0 saturated heterocycles. The summed E-state index contributed by atoms with van der Waals surface area (Å²) < 4.78 is 2.32. The van der Waals surface area contributed by atoms with E-state index in [1.165, 1.54) is 44.3 Å². The van der Waals surface area contributed by atoms with Gasteiger partial charge in [-0.05, 0) is 44.4 Å². The van der Waals surface area contributed by atoms with Crippen molar-refractivity contribution in [2.75, 3.05) is 0 Å². The fourth-order valence-electron chi connectivity index (χ4n) is 3.75. The monoisotopic (exact) mass is 276 g/mol. The summed E-state index contributed by atoms with van der Waals surface area (Å²) in [5.74, 6) is 2.32. The first-order valence-corrected chi connectivity index (χ1v) is 8.23. The lowest BCUT2D eigenvalue weighted by atomic mass is 9.85. The highest BCUT2D eigenvalue weighted by Gasteiger charge is 2.27. The van der Waals surface area contributed by atoms with Crippen molar-refractivity contribution in [1.82, 2.24) is 20.1 Å². The third-order valence-corrected chi connectivity index (χ3v) is 5.09. The van der Waals surface area contributed by atoms with Gasteiger partial charge in [-0.25, -0.2) is 0 Å². The third-order valence-electron chi connectivity index (χ3n) is 5.09. The minimum Gasteiger partial charge on any atom is -0.314 e. The number of fused-ring (bicyclic) bond motifs is 1. The third kappa shape index (κ3) is 2.90. The maximum atomic E-state index is 4.41. The van der Waals surface area contributed by atoms with Crippen LogP contribution in [-0.2, 0) is 13.0 Å². The Balaban J connectivity index is 1.62. The molecule has 0 amide bonds. The molecule has 1 aromatic rings. The second kappa shape index (κ2) is 5.47. The van der Waals surface area contributed by atoms with Gasteiger partial charge in [0.1, 0.15) is 11.6 Å². The molecule has 2 heterocycles. The highest BCUT2D eigenvalue weighted by molar-refractivity contribution is 5.04. The molecule has 112 valence electrons. The van der Waals surface area contributed by atoms with Crippen LogP contribution in [0, 0.1) is 5.41 Å². The largest absolute Gasteiger partial charge is 0.314 e. The summed E-state index contributed by atoms with van der Waals surface area (Å²) in [7, 11) is 0. The van der Waals surface area contributed by atoms with Gasteiger partial charge >= 0.3 is 0 Å². The van der Waals surface area contributed by atoms with E-state index >= 15 is 0 Å². The Morgan fingerprint density at radius 2 is 2.05 bits per heavy atom. The Morgan fingerprint density at radius 1 is 1.20 bits per heavy atom. The molecule has 20 heavy (non-hydrogen) atoms. The zero-order valence-electron chi connectivity index (χ0n) is 13.2. The number of aryl methyl sites for hydroxylation is 1. The van der Waals surface area contributed by atoms with E-state index in [2.05, 4.69) is 40.9 Å². The molecule has 0 aromatic carbocycles. The second-order valence-corrected chi connectivity index (χ2v) is 7.41. The van der Waals surface area contributed by atoms with Crippen LogP contribution in [0.2, 0.25) is 0 Å². The summed E-state index contributed by atoms with van der Waals surface area (Å²) in [5.41, 5.74) is 0.524. The molecule has 2 aliphatic rings. The van der Waals surface area contributed by atoms with E-state index in [0.717, 1.165) is 18.8 Å². The van der Waals surface area contributed by atoms with E-state index in [9.17, 15) is 0 Å². The number of hydrogen-bond acceptors (Lipinski definition) is 3. The van der Waals surface area contributed by atoms with E-state index in [1.54, 1.807) is 0 Å². The number of nitrogens with one attached hydrogen (secondary N) is 1. The SMILES string of the molecule is CC(NC1CCCC(C)(C)CC1)c1nnc2n1CCC2. The number of hydrogen-bond donors (Lipinski definition) is 1. The van der Waals surface area contributed by atoms with E-state index in [-0.39, 0.29) is 0 Å². The summed E-state index contributed by atoms with van der Waals surface area (Å²) in [4.78, 5) is 0. The Hall–Kier alpha value is -0.900. The van der Waals surface area contributed by atoms with Crippen LogP contribution in [-0.4, -0.2) is 20.8 Å². The molecule has 1 aliphatic heterocycles. The number of aromatic nitrogens is 3. The van der Waals surface area contributed by atoms with E-state index in [0.29, 0.717) is 17.5 Å². The van der Waals surface area contributed by atoms with Crippen molar-refractivity contribution in [1.29, 1.82) is 0 Å². The van der Waals surface area contributed by atoms with Crippen LogP contribution in [0.1, 0.15) is 77.0 Å². The summed E-state index contributed by atoms with van der Waals surface area (Å²) in [6, 6.07) is 0.960. The van der Waals surface area contributed by atoms with Gasteiger partial charge in [0.15, 0.2) is 0 Å². The Labute approximate surface area is 122 Å². The molecule has 1 aliphatic carbocycles. The first-order chi connectivity index (χ1) is 9.55. The molecular formula is C16H28N4. The molecule has 2 unspecified atom stereocenters. The Morgan fingerprint density at radius 3 is 2.90 bits per heavy atom. The van der Waals surface area contributed by atoms with Crippen molar-refractivity contribution in [3.05, 3.63) is 11.6 Å². The molecule has 1 N–H and O–H groups in total. The minimum absolute atomic E-state index is 0.320. The van der Waals surface area contributed by atoms with Gasteiger partial charge in [0.25, 0.3) is 0 Å². The van der Waals surface area contributed by atoms with E-state index in [1.807, 2.05) is 0 Å². The lowest BCUT2D eigenvalue weighted by Crippen LogP contribution is -2.32. The molecule has 2 atom stereocenters. The van der Waals surface area contributed by atoms with Gasteiger partial charge < -0.3 is 9.88 Å². The van der Waals surface area contributed by atoms with Crippen LogP contribution >= 0.6 is 0 Å². The maximum Gasteiger partial charge on any atom is 0.149 e. The van der Waals surface area contributed by atoms with Crippen LogP contribution in [0.3, 0.4) is 0 Å². The first-order valence-electron chi connectivity index (χ1n) is 8.23. The standard InChI is InChI=1S/C16H28N4/c1-12(15-19-18-14-7-5-11-20(14)15)17-13-6-4-9-16(2,3)10-8-13/h12-13,17H,4-11H2,1-3H3. The van der Waals surface area contributed by atoms with Crippen molar-refractivity contribution in [2.45, 2.75) is 84.3 Å². The molecule has 4 heteroatoms. The van der Waals surface area contributed by atoms with Gasteiger partial charge in [0, 0.05) is 19.0 Å². The van der Waals surface area contributed by atoms with Crippen molar-refractivity contribution in [3.63, 3.8) is 0 Å². The molecule has 3 rings (SSSR count). The zero-order valence-corrected chi connectivity index (χ0v) is 13.2. The van der Waals surface area contributed by atoms with Crippen molar-refractivity contribution < 1.29 is 0 Å². The summed E-state index contributed by atoms with van der Waals surface area (Å²) in [6.07, 6.45) is 8.94. The van der Waals surface area contributed by atoms with Crippen LogP contribution in [0.4, 0.5) is 0 Å². The van der Waals surface area contributed by atoms with Crippen LogP contribution in [0.25, 0.3) is 0 Å². The quantitative estimate of drug-likeness (QED) is 0.862. The fourth-order valence-corrected chi connectivity index (χ4v) is 3.75. The van der Waals surface area contributed by atoms with Crippen molar-refractivity contribution >= 4 is 0 Å².